The zero-order valence-corrected chi connectivity index (χ0v) is 17.3. The summed E-state index contributed by atoms with van der Waals surface area (Å²) in [6.45, 7) is 10.8. The molecular formula is C21H32N4O3. The number of aliphatic imine (C=N–C) groups is 1. The molecule has 154 valence electrons. The Bertz CT molecular complexity index is 685. The number of carbonyl (C=O) groups is 2. The number of nitrogens with one attached hydrogen (secondary N) is 2. The molecule has 0 bridgehead atoms. The van der Waals surface area contributed by atoms with Gasteiger partial charge < -0.3 is 20.3 Å². The average molecular weight is 389 g/mol. The maximum absolute atomic E-state index is 12.1. The van der Waals surface area contributed by atoms with Crippen LogP contribution in [0.4, 0.5) is 0 Å². The molecule has 1 aromatic carbocycles. The van der Waals surface area contributed by atoms with Crippen molar-refractivity contribution in [2.45, 2.75) is 46.7 Å². The summed E-state index contributed by atoms with van der Waals surface area (Å²) in [5, 5.41) is 6.68. The number of ether oxygens (including phenoxy) is 1. The third-order valence-electron chi connectivity index (χ3n) is 4.56. The molecule has 0 aromatic heterocycles. The molecule has 7 nitrogen and oxygen atoms in total. The van der Waals surface area contributed by atoms with Crippen LogP contribution in [0, 0.1) is 5.92 Å². The van der Waals surface area contributed by atoms with Crippen molar-refractivity contribution in [1.29, 1.82) is 0 Å². The van der Waals surface area contributed by atoms with Crippen molar-refractivity contribution in [3.8, 4) is 0 Å². The molecule has 1 fully saturated rings. The van der Waals surface area contributed by atoms with Crippen LogP contribution < -0.4 is 10.6 Å². The van der Waals surface area contributed by atoms with Crippen LogP contribution in [-0.4, -0.2) is 55.0 Å². The Balaban J connectivity index is 1.93. The lowest BCUT2D eigenvalue weighted by molar-refractivity contribution is -0.133. The molecule has 1 amide bonds. The number of amides is 1. The number of guanidine groups is 1. The van der Waals surface area contributed by atoms with E-state index in [0.29, 0.717) is 25.3 Å². The Morgan fingerprint density at radius 1 is 1.25 bits per heavy atom. The van der Waals surface area contributed by atoms with E-state index in [1.54, 1.807) is 19.1 Å². The molecule has 1 unspecified atom stereocenters. The van der Waals surface area contributed by atoms with E-state index in [9.17, 15) is 9.59 Å². The normalized spacial score (nSPS) is 17.0. The molecule has 7 heteroatoms. The van der Waals surface area contributed by atoms with Crippen molar-refractivity contribution in [2.24, 2.45) is 10.9 Å². The lowest BCUT2D eigenvalue weighted by Gasteiger charge is -2.20. The number of benzene rings is 1. The molecule has 28 heavy (non-hydrogen) atoms. The number of likely N-dealkylation sites (tertiary alicyclic amines) is 1. The second kappa shape index (κ2) is 10.7. The molecule has 2 N–H and O–H groups in total. The highest BCUT2D eigenvalue weighted by molar-refractivity contribution is 5.89. The number of hydrogen-bond acceptors (Lipinski definition) is 4. The van der Waals surface area contributed by atoms with E-state index in [-0.39, 0.29) is 23.8 Å². The Morgan fingerprint density at radius 2 is 1.96 bits per heavy atom. The summed E-state index contributed by atoms with van der Waals surface area (Å²) in [7, 11) is 0. The van der Waals surface area contributed by atoms with E-state index in [1.807, 2.05) is 37.8 Å². The van der Waals surface area contributed by atoms with Gasteiger partial charge in [0.15, 0.2) is 5.96 Å². The van der Waals surface area contributed by atoms with Gasteiger partial charge in [-0.2, -0.15) is 0 Å². The first-order valence-corrected chi connectivity index (χ1v) is 10.0. The standard InChI is InChI=1S/C21H32N4O3/c1-5-22-21(24-18-11-12-25(14-18)19(26)15(3)4)23-13-16-7-9-17(10-8-16)20(27)28-6-2/h7-10,15,18H,5-6,11-14H2,1-4H3,(H2,22,23,24). The maximum Gasteiger partial charge on any atom is 0.338 e. The second-order valence-corrected chi connectivity index (χ2v) is 7.18. The van der Waals surface area contributed by atoms with Gasteiger partial charge in [-0.3, -0.25) is 4.79 Å². The quantitative estimate of drug-likeness (QED) is 0.425. The first-order chi connectivity index (χ1) is 13.4. The van der Waals surface area contributed by atoms with Gasteiger partial charge in [-0.05, 0) is 38.0 Å². The van der Waals surface area contributed by atoms with Gasteiger partial charge in [0.05, 0.1) is 18.7 Å². The van der Waals surface area contributed by atoms with Crippen LogP contribution in [0.3, 0.4) is 0 Å². The van der Waals surface area contributed by atoms with E-state index in [2.05, 4.69) is 15.6 Å². The van der Waals surface area contributed by atoms with Gasteiger partial charge in [0.1, 0.15) is 0 Å². The van der Waals surface area contributed by atoms with Crippen LogP contribution in [0.2, 0.25) is 0 Å². The van der Waals surface area contributed by atoms with Gasteiger partial charge >= 0.3 is 5.97 Å². The Morgan fingerprint density at radius 3 is 2.57 bits per heavy atom. The molecule has 1 aliphatic rings. The van der Waals surface area contributed by atoms with Gasteiger partial charge in [-0.25, -0.2) is 9.79 Å². The van der Waals surface area contributed by atoms with Crippen LogP contribution >= 0.6 is 0 Å². The highest BCUT2D eigenvalue weighted by atomic mass is 16.5. The number of carbonyl (C=O) groups excluding carboxylic acids is 2. The lowest BCUT2D eigenvalue weighted by Crippen LogP contribution is -2.45. The summed E-state index contributed by atoms with van der Waals surface area (Å²) < 4.78 is 5.00. The van der Waals surface area contributed by atoms with E-state index in [4.69, 9.17) is 4.74 Å². The van der Waals surface area contributed by atoms with Gasteiger partial charge in [-0.1, -0.05) is 26.0 Å². The predicted molar refractivity (Wildman–Crippen MR) is 110 cm³/mol. The molecule has 1 heterocycles. The zero-order valence-electron chi connectivity index (χ0n) is 17.3. The molecule has 1 atom stereocenters. The molecule has 0 aliphatic carbocycles. The number of hydrogen-bond donors (Lipinski definition) is 2. The molecular weight excluding hydrogens is 356 g/mol. The third kappa shape index (κ3) is 6.25. The zero-order chi connectivity index (χ0) is 20.5. The number of rotatable bonds is 7. The average Bonchev–Trinajstić information content (AvgIpc) is 3.14. The smallest absolute Gasteiger partial charge is 0.338 e. The lowest BCUT2D eigenvalue weighted by atomic mass is 10.1. The monoisotopic (exact) mass is 388 g/mol. The van der Waals surface area contributed by atoms with Gasteiger partial charge in [0, 0.05) is 31.6 Å². The second-order valence-electron chi connectivity index (χ2n) is 7.18. The summed E-state index contributed by atoms with van der Waals surface area (Å²) in [5.41, 5.74) is 1.55. The minimum absolute atomic E-state index is 0.0261. The van der Waals surface area contributed by atoms with Crippen molar-refractivity contribution < 1.29 is 14.3 Å². The van der Waals surface area contributed by atoms with E-state index in [0.717, 1.165) is 31.0 Å². The third-order valence-corrected chi connectivity index (χ3v) is 4.56. The van der Waals surface area contributed by atoms with Crippen molar-refractivity contribution in [1.82, 2.24) is 15.5 Å². The van der Waals surface area contributed by atoms with Gasteiger partial charge in [-0.15, -0.1) is 0 Å². The minimum Gasteiger partial charge on any atom is -0.462 e. The van der Waals surface area contributed by atoms with E-state index in [1.165, 1.54) is 0 Å². The molecule has 1 saturated heterocycles. The maximum atomic E-state index is 12.1. The van der Waals surface area contributed by atoms with E-state index < -0.39 is 0 Å². The van der Waals surface area contributed by atoms with E-state index >= 15 is 0 Å². The predicted octanol–water partition coefficient (Wildman–Crippen LogP) is 2.18. The Labute approximate surface area is 167 Å². The SMILES string of the molecule is CCNC(=NCc1ccc(C(=O)OCC)cc1)NC1CCN(C(=O)C(C)C)C1. The fourth-order valence-electron chi connectivity index (χ4n) is 3.09. The molecule has 2 rings (SSSR count). The van der Waals surface area contributed by atoms with Gasteiger partial charge in [0.25, 0.3) is 0 Å². The summed E-state index contributed by atoms with van der Waals surface area (Å²) in [4.78, 5) is 30.4. The summed E-state index contributed by atoms with van der Waals surface area (Å²) in [6.07, 6.45) is 0.914. The molecule has 0 saturated carbocycles. The Kier molecular flexibility index (Phi) is 8.29. The van der Waals surface area contributed by atoms with Crippen LogP contribution in [0.15, 0.2) is 29.3 Å². The highest BCUT2D eigenvalue weighted by Crippen LogP contribution is 2.13. The van der Waals surface area contributed by atoms with Crippen molar-refractivity contribution in [2.75, 3.05) is 26.2 Å². The first kappa shape index (κ1) is 21.7. The summed E-state index contributed by atoms with van der Waals surface area (Å²) in [5.74, 6) is 0.654. The Hall–Kier alpha value is -2.57. The molecule has 1 aliphatic heterocycles. The van der Waals surface area contributed by atoms with Crippen LogP contribution in [-0.2, 0) is 16.1 Å². The van der Waals surface area contributed by atoms with Crippen LogP contribution in [0.1, 0.15) is 50.0 Å². The molecule has 1 aromatic rings. The van der Waals surface area contributed by atoms with Crippen molar-refractivity contribution in [3.63, 3.8) is 0 Å². The molecule has 0 spiro atoms. The summed E-state index contributed by atoms with van der Waals surface area (Å²) >= 11 is 0. The van der Waals surface area contributed by atoms with Crippen LogP contribution in [0.25, 0.3) is 0 Å². The fourth-order valence-corrected chi connectivity index (χ4v) is 3.09. The first-order valence-electron chi connectivity index (χ1n) is 10.0. The fraction of sp³-hybridized carbons (Fsp3) is 0.571. The van der Waals surface area contributed by atoms with Crippen molar-refractivity contribution in [3.05, 3.63) is 35.4 Å². The number of nitrogens with zero attached hydrogens (tertiary/aromatic N) is 2. The number of esters is 1. The topological polar surface area (TPSA) is 83.0 Å². The summed E-state index contributed by atoms with van der Waals surface area (Å²) in [6, 6.07) is 7.49. The minimum atomic E-state index is -0.311. The largest absolute Gasteiger partial charge is 0.462 e. The van der Waals surface area contributed by atoms with Gasteiger partial charge in [0.2, 0.25) is 5.91 Å². The van der Waals surface area contributed by atoms with Crippen LogP contribution in [0.5, 0.6) is 0 Å². The molecule has 0 radical (unpaired) electrons. The van der Waals surface area contributed by atoms with Crippen molar-refractivity contribution >= 4 is 17.8 Å². The highest BCUT2D eigenvalue weighted by Gasteiger charge is 2.27.